The van der Waals surface area contributed by atoms with Crippen LogP contribution in [0.3, 0.4) is 0 Å². The molecule has 0 aliphatic rings. The summed E-state index contributed by atoms with van der Waals surface area (Å²) < 4.78 is 12.7. The Morgan fingerprint density at radius 3 is 2.23 bits per heavy atom. The van der Waals surface area contributed by atoms with Gasteiger partial charge in [-0.05, 0) is 31.2 Å². The molecule has 2 aromatic heterocycles. The lowest BCUT2D eigenvalue weighted by molar-refractivity contribution is 0.102. The van der Waals surface area contributed by atoms with Crippen molar-refractivity contribution >= 4 is 54.1 Å². The summed E-state index contributed by atoms with van der Waals surface area (Å²) in [4.78, 5) is 21.8. The number of nitrogens with one attached hydrogen (secondary N) is 1. The number of fused-ring (bicyclic) bond motifs is 3. The summed E-state index contributed by atoms with van der Waals surface area (Å²) in [6.07, 6.45) is 0. The van der Waals surface area contributed by atoms with Gasteiger partial charge in [0.05, 0.1) is 39.7 Å². The van der Waals surface area contributed by atoms with Crippen LogP contribution < -0.4 is 14.8 Å². The minimum absolute atomic E-state index is 0.324. The first-order chi connectivity index (χ1) is 12.6. The molecule has 0 bridgehead atoms. The van der Waals surface area contributed by atoms with Crippen LogP contribution in [0.4, 0.5) is 5.13 Å². The van der Waals surface area contributed by atoms with E-state index in [0.717, 1.165) is 25.4 Å². The highest BCUT2D eigenvalue weighted by atomic mass is 32.1. The molecule has 0 radical (unpaired) electrons. The predicted molar refractivity (Wildman–Crippen MR) is 105 cm³/mol. The van der Waals surface area contributed by atoms with Crippen molar-refractivity contribution in [3.05, 3.63) is 40.9 Å². The van der Waals surface area contributed by atoms with E-state index in [2.05, 4.69) is 15.3 Å². The first-order valence-corrected chi connectivity index (χ1v) is 9.43. The maximum absolute atomic E-state index is 12.8. The highest BCUT2D eigenvalue weighted by molar-refractivity contribution is 7.28. The lowest BCUT2D eigenvalue weighted by Crippen LogP contribution is -2.14. The molecule has 1 amide bonds. The van der Waals surface area contributed by atoms with Gasteiger partial charge in [-0.1, -0.05) is 17.4 Å². The van der Waals surface area contributed by atoms with Crippen LogP contribution in [-0.2, 0) is 0 Å². The molecule has 8 heteroatoms. The third-order valence-corrected chi connectivity index (χ3v) is 6.03. The molecule has 1 N–H and O–H groups in total. The minimum atomic E-state index is -0.324. The standard InChI is InChI=1S/C18H15N3O3S2/c1-9-19-10-7-8-11-16(15(10)25-9)26-18(20-11)21-17(22)14-12(23-2)5-4-6-13(14)24-3/h4-8H,1-3H3,(H,20,21,22). The molecule has 0 aliphatic carbocycles. The Bertz CT molecular complexity index is 1110. The second-order valence-electron chi connectivity index (χ2n) is 5.51. The molecule has 6 nitrogen and oxygen atoms in total. The molecule has 0 saturated carbocycles. The fourth-order valence-corrected chi connectivity index (χ4v) is 4.77. The Labute approximate surface area is 157 Å². The molecule has 26 heavy (non-hydrogen) atoms. The Kier molecular flexibility index (Phi) is 4.21. The van der Waals surface area contributed by atoms with Crippen LogP contribution in [0.25, 0.3) is 20.4 Å². The lowest BCUT2D eigenvalue weighted by atomic mass is 10.1. The number of methoxy groups -OCH3 is 2. The summed E-state index contributed by atoms with van der Waals surface area (Å²) >= 11 is 3.06. The summed E-state index contributed by atoms with van der Waals surface area (Å²) in [5.74, 6) is 0.571. The molecule has 0 unspecified atom stereocenters. The van der Waals surface area contributed by atoms with Crippen molar-refractivity contribution in [1.29, 1.82) is 0 Å². The molecular formula is C18H15N3O3S2. The number of ether oxygens (including phenoxy) is 2. The zero-order valence-corrected chi connectivity index (χ0v) is 16.0. The number of amides is 1. The maximum Gasteiger partial charge on any atom is 0.265 e. The number of anilines is 1. The van der Waals surface area contributed by atoms with Gasteiger partial charge in [0.15, 0.2) is 5.13 Å². The van der Waals surface area contributed by atoms with Crippen molar-refractivity contribution in [2.45, 2.75) is 6.92 Å². The molecule has 0 atom stereocenters. The summed E-state index contributed by atoms with van der Waals surface area (Å²) in [6.45, 7) is 1.98. The Morgan fingerprint density at radius 1 is 0.962 bits per heavy atom. The van der Waals surface area contributed by atoms with Gasteiger partial charge >= 0.3 is 0 Å². The van der Waals surface area contributed by atoms with Gasteiger partial charge in [-0.2, -0.15) is 0 Å². The van der Waals surface area contributed by atoms with E-state index in [1.54, 1.807) is 29.5 Å². The quantitative estimate of drug-likeness (QED) is 0.560. The third-order valence-electron chi connectivity index (χ3n) is 3.89. The number of benzene rings is 2. The molecule has 0 saturated heterocycles. The summed E-state index contributed by atoms with van der Waals surface area (Å²) in [7, 11) is 3.04. The lowest BCUT2D eigenvalue weighted by Gasteiger charge is -2.11. The SMILES string of the molecule is COc1cccc(OC)c1C(=O)Nc1nc2ccc3nc(C)sc3c2s1. The van der Waals surface area contributed by atoms with Gasteiger partial charge in [-0.15, -0.1) is 11.3 Å². The maximum atomic E-state index is 12.8. The van der Waals surface area contributed by atoms with E-state index in [-0.39, 0.29) is 5.91 Å². The van der Waals surface area contributed by atoms with E-state index in [1.165, 1.54) is 25.6 Å². The second kappa shape index (κ2) is 6.54. The third kappa shape index (κ3) is 2.77. The number of aryl methyl sites for hydroxylation is 1. The van der Waals surface area contributed by atoms with Crippen LogP contribution in [0.15, 0.2) is 30.3 Å². The summed E-state index contributed by atoms with van der Waals surface area (Å²) in [6, 6.07) is 9.09. The normalized spacial score (nSPS) is 11.0. The van der Waals surface area contributed by atoms with Gasteiger partial charge in [0, 0.05) is 0 Å². The number of hydrogen-bond donors (Lipinski definition) is 1. The Balaban J connectivity index is 1.74. The van der Waals surface area contributed by atoms with E-state index in [9.17, 15) is 4.79 Å². The van der Waals surface area contributed by atoms with E-state index in [1.807, 2.05) is 19.1 Å². The highest BCUT2D eigenvalue weighted by Crippen LogP contribution is 2.36. The molecular weight excluding hydrogens is 370 g/mol. The van der Waals surface area contributed by atoms with E-state index in [0.29, 0.717) is 22.2 Å². The molecule has 4 rings (SSSR count). The number of carbonyl (C=O) groups excluding carboxylic acids is 1. The smallest absolute Gasteiger partial charge is 0.265 e. The van der Waals surface area contributed by atoms with Crippen molar-refractivity contribution < 1.29 is 14.3 Å². The number of rotatable bonds is 4. The van der Waals surface area contributed by atoms with Crippen LogP contribution >= 0.6 is 22.7 Å². The fourth-order valence-electron chi connectivity index (χ4n) is 2.77. The van der Waals surface area contributed by atoms with Gasteiger partial charge in [-0.3, -0.25) is 10.1 Å². The highest BCUT2D eigenvalue weighted by Gasteiger charge is 2.20. The van der Waals surface area contributed by atoms with Gasteiger partial charge in [0.2, 0.25) is 0 Å². The molecule has 0 aliphatic heterocycles. The predicted octanol–water partition coefficient (Wildman–Crippen LogP) is 4.48. The van der Waals surface area contributed by atoms with Crippen LogP contribution in [0.2, 0.25) is 0 Å². The van der Waals surface area contributed by atoms with E-state index in [4.69, 9.17) is 9.47 Å². The Hall–Kier alpha value is -2.71. The van der Waals surface area contributed by atoms with Crippen LogP contribution in [0.5, 0.6) is 11.5 Å². The van der Waals surface area contributed by atoms with Crippen LogP contribution in [-0.4, -0.2) is 30.1 Å². The summed E-state index contributed by atoms with van der Waals surface area (Å²) in [5, 5.41) is 4.39. The van der Waals surface area contributed by atoms with Crippen molar-refractivity contribution in [2.24, 2.45) is 0 Å². The van der Waals surface area contributed by atoms with Gasteiger partial charge in [0.25, 0.3) is 5.91 Å². The largest absolute Gasteiger partial charge is 0.496 e. The fraction of sp³-hybridized carbons (Fsp3) is 0.167. The van der Waals surface area contributed by atoms with Crippen molar-refractivity contribution in [2.75, 3.05) is 19.5 Å². The number of thiazole rings is 2. The summed E-state index contributed by atoms with van der Waals surface area (Å²) in [5.41, 5.74) is 2.14. The average molecular weight is 385 g/mol. The monoisotopic (exact) mass is 385 g/mol. The molecule has 0 spiro atoms. The topological polar surface area (TPSA) is 73.3 Å². The Morgan fingerprint density at radius 2 is 1.58 bits per heavy atom. The van der Waals surface area contributed by atoms with E-state index < -0.39 is 0 Å². The van der Waals surface area contributed by atoms with Crippen molar-refractivity contribution in [3.63, 3.8) is 0 Å². The van der Waals surface area contributed by atoms with Gasteiger partial charge in [-0.25, -0.2) is 9.97 Å². The molecule has 2 heterocycles. The first-order valence-electron chi connectivity index (χ1n) is 7.79. The number of aromatic nitrogens is 2. The first kappa shape index (κ1) is 16.7. The molecule has 4 aromatic rings. The number of nitrogens with zero attached hydrogens (tertiary/aromatic N) is 2. The van der Waals surface area contributed by atoms with Gasteiger partial charge in [0.1, 0.15) is 17.1 Å². The molecule has 132 valence electrons. The number of hydrogen-bond acceptors (Lipinski definition) is 7. The molecule has 2 aromatic carbocycles. The van der Waals surface area contributed by atoms with Crippen LogP contribution in [0.1, 0.15) is 15.4 Å². The van der Waals surface area contributed by atoms with Crippen LogP contribution in [0, 0.1) is 6.92 Å². The average Bonchev–Trinajstić information content (AvgIpc) is 3.22. The zero-order chi connectivity index (χ0) is 18.3. The second-order valence-corrected chi connectivity index (χ2v) is 7.71. The van der Waals surface area contributed by atoms with Crippen molar-refractivity contribution in [3.8, 4) is 11.5 Å². The van der Waals surface area contributed by atoms with E-state index >= 15 is 0 Å². The van der Waals surface area contributed by atoms with Gasteiger partial charge < -0.3 is 9.47 Å². The zero-order valence-electron chi connectivity index (χ0n) is 14.3. The van der Waals surface area contributed by atoms with Crippen molar-refractivity contribution in [1.82, 2.24) is 9.97 Å². The minimum Gasteiger partial charge on any atom is -0.496 e. The number of carbonyl (C=O) groups is 1. The molecule has 0 fully saturated rings.